The minimum atomic E-state index is -1.07. The Labute approximate surface area is 199 Å². The number of fused-ring (bicyclic) bond motifs is 1. The number of nitrogens with zero attached hydrogens (tertiary/aromatic N) is 4. The van der Waals surface area contributed by atoms with E-state index < -0.39 is 17.4 Å². The summed E-state index contributed by atoms with van der Waals surface area (Å²) in [6.07, 6.45) is 1.27. The monoisotopic (exact) mass is 472 g/mol. The molecule has 3 aromatic rings. The van der Waals surface area contributed by atoms with Crippen LogP contribution in [0.3, 0.4) is 0 Å². The van der Waals surface area contributed by atoms with Crippen LogP contribution in [0.1, 0.15) is 64.3 Å². The van der Waals surface area contributed by atoms with E-state index in [9.17, 15) is 19.8 Å². The van der Waals surface area contributed by atoms with Crippen molar-refractivity contribution in [3.63, 3.8) is 0 Å². The van der Waals surface area contributed by atoms with Gasteiger partial charge in [-0.05, 0) is 30.4 Å². The van der Waals surface area contributed by atoms with E-state index in [1.54, 1.807) is 4.57 Å². The van der Waals surface area contributed by atoms with Gasteiger partial charge in [0, 0.05) is 13.1 Å². The predicted octanol–water partition coefficient (Wildman–Crippen LogP) is 2.63. The number of hydrogen-bond acceptors (Lipinski definition) is 6. The van der Waals surface area contributed by atoms with Crippen molar-refractivity contribution in [1.82, 2.24) is 18.7 Å². The smallest absolute Gasteiger partial charge is 0.332 e. The lowest BCUT2D eigenvalue weighted by Gasteiger charge is -2.18. The highest BCUT2D eigenvalue weighted by atomic mass is 16.5. The van der Waals surface area contributed by atoms with E-state index in [1.165, 1.54) is 4.57 Å². The lowest BCUT2D eigenvalue weighted by Crippen LogP contribution is -2.44. The van der Waals surface area contributed by atoms with E-state index in [0.717, 1.165) is 29.4 Å². The third kappa shape index (κ3) is 5.26. The highest BCUT2D eigenvalue weighted by molar-refractivity contribution is 5.71. The molecule has 2 heterocycles. The first-order chi connectivity index (χ1) is 16.3. The number of rotatable bonds is 12. The molecule has 2 aromatic heterocycles. The molecule has 0 saturated heterocycles. The summed E-state index contributed by atoms with van der Waals surface area (Å²) in [5.41, 5.74) is 0.553. The van der Waals surface area contributed by atoms with Gasteiger partial charge < -0.3 is 19.5 Å². The fourth-order valence-corrected chi connectivity index (χ4v) is 4.14. The molecule has 1 atom stereocenters. The molecule has 9 heteroatoms. The molecule has 0 aliphatic heterocycles. The number of aryl methyl sites for hydroxylation is 2. The van der Waals surface area contributed by atoms with Crippen LogP contribution in [0.4, 0.5) is 0 Å². The van der Waals surface area contributed by atoms with Crippen LogP contribution in [0, 0.1) is 0 Å². The Balaban J connectivity index is 1.99. The maximum atomic E-state index is 13.4. The number of aliphatic hydroxyl groups is 2. The van der Waals surface area contributed by atoms with Gasteiger partial charge in [-0.3, -0.25) is 13.9 Å². The van der Waals surface area contributed by atoms with E-state index >= 15 is 0 Å². The lowest BCUT2D eigenvalue weighted by molar-refractivity contribution is 0.0895. The molecule has 9 nitrogen and oxygen atoms in total. The first kappa shape index (κ1) is 25.7. The van der Waals surface area contributed by atoms with Gasteiger partial charge in [0.05, 0.1) is 6.54 Å². The maximum Gasteiger partial charge on any atom is 0.332 e. The molecule has 0 fully saturated rings. The van der Waals surface area contributed by atoms with E-state index in [0.29, 0.717) is 24.7 Å². The minimum absolute atomic E-state index is 0.0568. The zero-order valence-corrected chi connectivity index (χ0v) is 20.5. The number of hydrogen-bond donors (Lipinski definition) is 2. The number of aliphatic hydroxyl groups excluding tert-OH is 2. The van der Waals surface area contributed by atoms with Crippen LogP contribution < -0.4 is 16.0 Å². The third-order valence-electron chi connectivity index (χ3n) is 5.88. The number of ether oxygens (including phenoxy) is 1. The molecule has 0 unspecified atom stereocenters. The lowest BCUT2D eigenvalue weighted by atomic mass is 10.0. The van der Waals surface area contributed by atoms with Crippen molar-refractivity contribution in [2.45, 2.75) is 85.2 Å². The average Bonchev–Trinajstić information content (AvgIpc) is 3.19. The SMILES string of the molecule is CCCCn1c(=O)n(C[C@@H](O)COc2ccccc2C(C)C)c(=O)c2c1nc(CO)n2CCC. The van der Waals surface area contributed by atoms with Crippen molar-refractivity contribution in [3.8, 4) is 5.75 Å². The summed E-state index contributed by atoms with van der Waals surface area (Å²) in [4.78, 5) is 31.1. The van der Waals surface area contributed by atoms with Crippen LogP contribution in [0.25, 0.3) is 11.2 Å². The van der Waals surface area contributed by atoms with Gasteiger partial charge in [-0.1, -0.05) is 52.3 Å². The second-order valence-electron chi connectivity index (χ2n) is 8.87. The van der Waals surface area contributed by atoms with Crippen molar-refractivity contribution >= 4 is 11.2 Å². The number of para-hydroxylation sites is 1. The Hall–Kier alpha value is -2.91. The van der Waals surface area contributed by atoms with Crippen LogP contribution >= 0.6 is 0 Å². The fraction of sp³-hybridized carbons (Fsp3) is 0.560. The van der Waals surface area contributed by atoms with Crippen LogP contribution in [0.5, 0.6) is 5.75 Å². The van der Waals surface area contributed by atoms with Gasteiger partial charge in [0.25, 0.3) is 5.56 Å². The maximum absolute atomic E-state index is 13.4. The van der Waals surface area contributed by atoms with Gasteiger partial charge in [-0.25, -0.2) is 9.78 Å². The Bertz CT molecular complexity index is 1220. The normalized spacial score (nSPS) is 12.6. The van der Waals surface area contributed by atoms with E-state index in [1.807, 2.05) is 38.1 Å². The molecule has 0 spiro atoms. The molecule has 0 bridgehead atoms. The molecule has 3 rings (SSSR count). The van der Waals surface area contributed by atoms with Gasteiger partial charge in [0.2, 0.25) is 0 Å². The molecule has 34 heavy (non-hydrogen) atoms. The van der Waals surface area contributed by atoms with E-state index in [4.69, 9.17) is 4.74 Å². The predicted molar refractivity (Wildman–Crippen MR) is 131 cm³/mol. The Kier molecular flexibility index (Phi) is 8.68. The summed E-state index contributed by atoms with van der Waals surface area (Å²) in [6.45, 7) is 8.41. The number of unbranched alkanes of at least 4 members (excludes halogenated alkanes) is 1. The molecule has 0 aliphatic carbocycles. The average molecular weight is 473 g/mol. The van der Waals surface area contributed by atoms with Crippen molar-refractivity contribution in [2.24, 2.45) is 0 Å². The zero-order valence-electron chi connectivity index (χ0n) is 20.5. The first-order valence-corrected chi connectivity index (χ1v) is 12.1. The van der Waals surface area contributed by atoms with Gasteiger partial charge in [-0.2, -0.15) is 0 Å². The number of aromatic nitrogens is 4. The molecule has 186 valence electrons. The highest BCUT2D eigenvalue weighted by Gasteiger charge is 2.22. The Morgan fingerprint density at radius 2 is 1.76 bits per heavy atom. The highest BCUT2D eigenvalue weighted by Crippen LogP contribution is 2.26. The van der Waals surface area contributed by atoms with Gasteiger partial charge in [0.15, 0.2) is 11.2 Å². The second-order valence-corrected chi connectivity index (χ2v) is 8.87. The molecule has 0 amide bonds. The summed E-state index contributed by atoms with van der Waals surface area (Å²) < 4.78 is 10.1. The molecule has 0 aliphatic rings. The van der Waals surface area contributed by atoms with Crippen molar-refractivity contribution in [2.75, 3.05) is 6.61 Å². The standard InChI is InChI=1S/C25H36N4O5/c1-5-7-13-28-23-22(27(12-6-2)21(15-30)26-23)24(32)29(25(28)33)14-18(31)16-34-20-11-9-8-10-19(20)17(3)4/h8-11,17-18,30-31H,5-7,12-16H2,1-4H3/t18-/m1/s1. The van der Waals surface area contributed by atoms with Crippen molar-refractivity contribution < 1.29 is 14.9 Å². The van der Waals surface area contributed by atoms with Crippen LogP contribution in [0.15, 0.2) is 33.9 Å². The summed E-state index contributed by atoms with van der Waals surface area (Å²) in [6, 6.07) is 7.63. The molecule has 2 N–H and O–H groups in total. The van der Waals surface area contributed by atoms with Crippen molar-refractivity contribution in [1.29, 1.82) is 0 Å². The summed E-state index contributed by atoms with van der Waals surface area (Å²) >= 11 is 0. The van der Waals surface area contributed by atoms with Gasteiger partial charge >= 0.3 is 5.69 Å². The van der Waals surface area contributed by atoms with E-state index in [-0.39, 0.29) is 36.8 Å². The van der Waals surface area contributed by atoms with Crippen LogP contribution in [-0.4, -0.2) is 41.6 Å². The van der Waals surface area contributed by atoms with Gasteiger partial charge in [-0.15, -0.1) is 0 Å². The summed E-state index contributed by atoms with van der Waals surface area (Å²) in [5, 5.41) is 20.5. The number of benzene rings is 1. The third-order valence-corrected chi connectivity index (χ3v) is 5.88. The van der Waals surface area contributed by atoms with Crippen LogP contribution in [-0.2, 0) is 26.2 Å². The molecule has 0 saturated carbocycles. The summed E-state index contributed by atoms with van der Waals surface area (Å²) in [7, 11) is 0. The largest absolute Gasteiger partial charge is 0.491 e. The van der Waals surface area contributed by atoms with Crippen molar-refractivity contribution in [3.05, 3.63) is 56.5 Å². The molecule has 1 aromatic carbocycles. The first-order valence-electron chi connectivity index (χ1n) is 12.1. The minimum Gasteiger partial charge on any atom is -0.491 e. The zero-order chi connectivity index (χ0) is 24.8. The molecular weight excluding hydrogens is 436 g/mol. The summed E-state index contributed by atoms with van der Waals surface area (Å²) in [5.74, 6) is 1.28. The number of imidazole rings is 1. The fourth-order valence-electron chi connectivity index (χ4n) is 4.14. The molecule has 0 radical (unpaired) electrons. The second kappa shape index (κ2) is 11.5. The Morgan fingerprint density at radius 3 is 2.41 bits per heavy atom. The topological polar surface area (TPSA) is 112 Å². The quantitative estimate of drug-likeness (QED) is 0.419. The van der Waals surface area contributed by atoms with Gasteiger partial charge in [0.1, 0.15) is 30.9 Å². The molecular formula is C25H36N4O5. The van der Waals surface area contributed by atoms with E-state index in [2.05, 4.69) is 18.8 Å². The Morgan fingerprint density at radius 1 is 1.03 bits per heavy atom. The van der Waals surface area contributed by atoms with Crippen LogP contribution in [0.2, 0.25) is 0 Å².